The summed E-state index contributed by atoms with van der Waals surface area (Å²) in [7, 11) is 1.00. The first kappa shape index (κ1) is 26.5. The van der Waals surface area contributed by atoms with Crippen molar-refractivity contribution >= 4 is 28.1 Å². The minimum atomic E-state index is -0.300. The van der Waals surface area contributed by atoms with Gasteiger partial charge in [0.05, 0.1) is 0 Å². The summed E-state index contributed by atoms with van der Waals surface area (Å²) in [6.45, 7) is 6.86. The van der Waals surface area contributed by atoms with Gasteiger partial charge in [-0.3, -0.25) is 0 Å². The van der Waals surface area contributed by atoms with Crippen LogP contribution in [-0.4, -0.2) is 63.1 Å². The summed E-state index contributed by atoms with van der Waals surface area (Å²) in [6, 6.07) is 16.2. The Balaban J connectivity index is 0.000000159. The highest BCUT2D eigenvalue weighted by Crippen LogP contribution is 2.34. The number of likely N-dealkylation sites (tertiary alicyclic amines) is 1. The maximum Gasteiger partial charge on any atom is 0.197 e. The van der Waals surface area contributed by atoms with Crippen LogP contribution in [0.4, 0.5) is 10.1 Å². The zero-order chi connectivity index (χ0) is 25.3. The molecule has 0 radical (unpaired) electrons. The third-order valence-corrected chi connectivity index (χ3v) is 7.04. The van der Waals surface area contributed by atoms with Crippen molar-refractivity contribution < 1.29 is 19.0 Å². The Bertz CT molecular complexity index is 1130. The number of anilines is 1. The van der Waals surface area contributed by atoms with Gasteiger partial charge in [0.25, 0.3) is 0 Å². The number of halogens is 2. The molecule has 3 heterocycles. The molecule has 0 spiro atoms. The molecule has 0 bridgehead atoms. The van der Waals surface area contributed by atoms with Crippen molar-refractivity contribution in [2.24, 2.45) is 0 Å². The molecule has 36 heavy (non-hydrogen) atoms. The maximum atomic E-state index is 13.8. The summed E-state index contributed by atoms with van der Waals surface area (Å²) in [4.78, 5) is 4.88. The van der Waals surface area contributed by atoms with Crippen LogP contribution >= 0.6 is 11.6 Å². The highest BCUT2D eigenvalue weighted by Gasteiger charge is 2.18. The summed E-state index contributed by atoms with van der Waals surface area (Å²) in [5.74, 6) is 0.527. The Morgan fingerprint density at radius 3 is 2.33 bits per heavy atom. The zero-order valence-corrected chi connectivity index (χ0v) is 21.8. The first-order valence-electron chi connectivity index (χ1n) is 12.8. The number of aryl methyl sites for hydroxylation is 1. The molecule has 2 fully saturated rings. The Morgan fingerprint density at radius 2 is 1.58 bits per heavy atom. The van der Waals surface area contributed by atoms with E-state index in [-0.39, 0.29) is 11.6 Å². The van der Waals surface area contributed by atoms with E-state index in [1.165, 1.54) is 61.9 Å². The average Bonchev–Trinajstić information content (AvgIpc) is 3.42. The highest BCUT2D eigenvalue weighted by molar-refractivity contribution is 6.31. The van der Waals surface area contributed by atoms with Crippen LogP contribution < -0.4 is 14.4 Å². The van der Waals surface area contributed by atoms with Crippen LogP contribution in [0.15, 0.2) is 48.5 Å². The normalized spacial score (nSPS) is 16.5. The Labute approximate surface area is 218 Å². The average molecular weight is 515 g/mol. The fourth-order valence-electron chi connectivity index (χ4n) is 4.80. The predicted molar refractivity (Wildman–Crippen MR) is 145 cm³/mol. The lowest BCUT2D eigenvalue weighted by Crippen LogP contribution is -2.37. The van der Waals surface area contributed by atoms with Gasteiger partial charge in [-0.15, -0.1) is 0 Å². The molecule has 0 unspecified atom stereocenters. The second kappa shape index (κ2) is 13.1. The molecule has 3 aliphatic heterocycles. The van der Waals surface area contributed by atoms with Crippen LogP contribution in [0.1, 0.15) is 31.2 Å². The Hall–Kier alpha value is -2.54. The van der Waals surface area contributed by atoms with E-state index in [9.17, 15) is 4.39 Å². The lowest BCUT2D eigenvalue weighted by molar-refractivity contribution is 0.164. The molecule has 0 aromatic heterocycles. The molecule has 194 valence electrons. The monoisotopic (exact) mass is 514 g/mol. The van der Waals surface area contributed by atoms with Gasteiger partial charge in [-0.1, -0.05) is 23.7 Å². The number of hydrogen-bond donors (Lipinski definition) is 1. The molecular weight excluding hydrogens is 479 g/mol. The Morgan fingerprint density at radius 1 is 0.861 bits per heavy atom. The molecule has 0 atom stereocenters. The molecule has 0 saturated carbocycles. The number of ether oxygens (including phenoxy) is 2. The lowest BCUT2D eigenvalue weighted by atomic mass is 10.1. The van der Waals surface area contributed by atoms with E-state index in [1.54, 1.807) is 6.07 Å². The van der Waals surface area contributed by atoms with Crippen molar-refractivity contribution in [3.8, 4) is 11.5 Å². The van der Waals surface area contributed by atoms with Gasteiger partial charge in [0, 0.05) is 30.9 Å². The van der Waals surface area contributed by atoms with Gasteiger partial charge >= 0.3 is 0 Å². The summed E-state index contributed by atoms with van der Waals surface area (Å²) < 4.78 is 24.5. The molecule has 5 nitrogen and oxygen atoms in total. The van der Waals surface area contributed by atoms with E-state index in [0.717, 1.165) is 37.1 Å². The first-order chi connectivity index (χ1) is 17.7. The lowest BCUT2D eigenvalue weighted by Gasteiger charge is -2.30. The smallest absolute Gasteiger partial charge is 0.197 e. The van der Waals surface area contributed by atoms with Crippen LogP contribution in [0.25, 0.3) is 10.8 Å². The molecule has 6 rings (SSSR count). The van der Waals surface area contributed by atoms with Crippen molar-refractivity contribution in [1.82, 2.24) is 4.90 Å². The summed E-state index contributed by atoms with van der Waals surface area (Å²) in [5, 5.41) is 10.3. The summed E-state index contributed by atoms with van der Waals surface area (Å²) in [6.07, 6.45) is 5.92. The molecule has 0 amide bonds. The van der Waals surface area contributed by atoms with Crippen molar-refractivity contribution in [2.45, 2.75) is 32.1 Å². The zero-order valence-electron chi connectivity index (χ0n) is 21.0. The molecule has 3 aromatic carbocycles. The number of rotatable bonds is 5. The summed E-state index contributed by atoms with van der Waals surface area (Å²) in [5.41, 5.74) is 2.34. The van der Waals surface area contributed by atoms with E-state index < -0.39 is 0 Å². The van der Waals surface area contributed by atoms with Gasteiger partial charge < -0.3 is 24.4 Å². The van der Waals surface area contributed by atoms with Gasteiger partial charge in [0.15, 0.2) is 17.3 Å². The number of benzene rings is 3. The SMILES string of the molecule is CO.Clc1ccc2cc(N3CCCC3)ccc2c1.Fc1cc(CCCN2CCC2)cc2c1OCCO2. The van der Waals surface area contributed by atoms with Crippen LogP contribution in [0.3, 0.4) is 0 Å². The standard InChI is InChI=1S/C14H14ClN.C14H18FNO2.CH4O/c15-13-5-3-12-10-14(6-4-11(12)9-13)16-7-1-2-8-16;15-12-9-11(3-1-4-16-5-2-6-16)10-13-14(12)18-8-7-17-13;1-2/h3-6,9-10H,1-2,7-8H2;9-10H,1-8H2;2H,1H3. The molecule has 0 aliphatic carbocycles. The van der Waals surface area contributed by atoms with Crippen LogP contribution in [0, 0.1) is 5.82 Å². The number of aliphatic hydroxyl groups excluding tert-OH is 1. The van der Waals surface area contributed by atoms with Crippen LogP contribution in [0.2, 0.25) is 5.02 Å². The molecule has 3 aromatic rings. The minimum Gasteiger partial charge on any atom is -0.486 e. The third kappa shape index (κ3) is 6.81. The molecule has 7 heteroatoms. The topological polar surface area (TPSA) is 45.2 Å². The van der Waals surface area contributed by atoms with Crippen molar-refractivity contribution in [1.29, 1.82) is 0 Å². The van der Waals surface area contributed by atoms with Crippen LogP contribution in [-0.2, 0) is 6.42 Å². The van der Waals surface area contributed by atoms with E-state index in [2.05, 4.69) is 34.1 Å². The third-order valence-electron chi connectivity index (χ3n) is 6.80. The number of hydrogen-bond acceptors (Lipinski definition) is 5. The van der Waals surface area contributed by atoms with E-state index in [1.807, 2.05) is 18.2 Å². The van der Waals surface area contributed by atoms with E-state index in [0.29, 0.717) is 19.0 Å². The fourth-order valence-corrected chi connectivity index (χ4v) is 4.98. The van der Waals surface area contributed by atoms with Crippen LogP contribution in [0.5, 0.6) is 11.5 Å². The van der Waals surface area contributed by atoms with E-state index in [4.69, 9.17) is 26.2 Å². The second-order valence-electron chi connectivity index (χ2n) is 9.27. The van der Waals surface area contributed by atoms with Gasteiger partial charge in [0.1, 0.15) is 13.2 Å². The largest absolute Gasteiger partial charge is 0.486 e. The van der Waals surface area contributed by atoms with Gasteiger partial charge in [-0.2, -0.15) is 0 Å². The molecule has 3 aliphatic rings. The van der Waals surface area contributed by atoms with Gasteiger partial charge in [-0.05, 0) is 104 Å². The van der Waals surface area contributed by atoms with Gasteiger partial charge in [0.2, 0.25) is 0 Å². The Kier molecular flexibility index (Phi) is 9.67. The number of nitrogens with zero attached hydrogens (tertiary/aromatic N) is 2. The number of fused-ring (bicyclic) bond motifs is 2. The minimum absolute atomic E-state index is 0.271. The predicted octanol–water partition coefficient (Wildman–Crippen LogP) is 5.94. The quantitative estimate of drug-likeness (QED) is 0.456. The van der Waals surface area contributed by atoms with E-state index >= 15 is 0 Å². The number of aliphatic hydroxyl groups is 1. The second-order valence-corrected chi connectivity index (χ2v) is 9.71. The molecular formula is C29H36ClFN2O3. The molecule has 2 saturated heterocycles. The maximum absolute atomic E-state index is 13.8. The van der Waals surface area contributed by atoms with Crippen molar-refractivity contribution in [3.05, 3.63) is 64.9 Å². The fraction of sp³-hybridized carbons (Fsp3) is 0.448. The van der Waals surface area contributed by atoms with Crippen molar-refractivity contribution in [3.63, 3.8) is 0 Å². The highest BCUT2D eigenvalue weighted by atomic mass is 35.5. The van der Waals surface area contributed by atoms with Crippen molar-refractivity contribution in [2.75, 3.05) is 57.9 Å². The molecule has 1 N–H and O–H groups in total. The first-order valence-corrected chi connectivity index (χ1v) is 13.2. The summed E-state index contributed by atoms with van der Waals surface area (Å²) >= 11 is 5.98. The van der Waals surface area contributed by atoms with Gasteiger partial charge in [-0.25, -0.2) is 4.39 Å².